The number of methoxy groups -OCH3 is 1. The van der Waals surface area contributed by atoms with E-state index in [2.05, 4.69) is 10.6 Å². The Morgan fingerprint density at radius 2 is 1.59 bits per heavy atom. The lowest BCUT2D eigenvalue weighted by Crippen LogP contribution is -2.13. The number of amides is 2. The third-order valence-electron chi connectivity index (χ3n) is 4.07. The molecule has 29 heavy (non-hydrogen) atoms. The van der Waals surface area contributed by atoms with Gasteiger partial charge in [-0.15, -0.1) is 0 Å². The Morgan fingerprint density at radius 1 is 0.897 bits per heavy atom. The second-order valence-electron chi connectivity index (χ2n) is 6.11. The molecule has 3 rings (SSSR count). The highest BCUT2D eigenvalue weighted by Gasteiger charge is 2.09. The number of carbonyl (C=O) groups excluding carboxylic acids is 2. The standard InChI is InChI=1S/C23H19ClN2O3/c1-29-21-5-3-2-4-20(21)26-23(28)17-9-13-19(14-10-17)25-22(27)15-8-16-6-11-18(24)12-7-16/h2-15H,1H3,(H,25,27)(H,26,28)/b15-8+. The molecule has 0 spiro atoms. The van der Waals surface area contributed by atoms with Crippen molar-refractivity contribution in [3.8, 4) is 5.75 Å². The van der Waals surface area contributed by atoms with Gasteiger partial charge in [0.15, 0.2) is 0 Å². The van der Waals surface area contributed by atoms with E-state index in [1.807, 2.05) is 24.3 Å². The van der Waals surface area contributed by atoms with Gasteiger partial charge in [-0.3, -0.25) is 9.59 Å². The van der Waals surface area contributed by atoms with E-state index in [9.17, 15) is 9.59 Å². The van der Waals surface area contributed by atoms with Crippen molar-refractivity contribution >= 4 is 40.9 Å². The molecule has 0 saturated heterocycles. The Balaban J connectivity index is 1.60. The molecule has 2 N–H and O–H groups in total. The summed E-state index contributed by atoms with van der Waals surface area (Å²) in [5, 5.41) is 6.20. The molecule has 0 aliphatic rings. The Kier molecular flexibility index (Phi) is 6.66. The van der Waals surface area contributed by atoms with Crippen LogP contribution in [0.15, 0.2) is 78.9 Å². The van der Waals surface area contributed by atoms with Crippen molar-refractivity contribution in [1.82, 2.24) is 0 Å². The highest BCUT2D eigenvalue weighted by Crippen LogP contribution is 2.24. The van der Waals surface area contributed by atoms with Gasteiger partial charge in [-0.2, -0.15) is 0 Å². The second kappa shape index (κ2) is 9.57. The lowest BCUT2D eigenvalue weighted by molar-refractivity contribution is -0.111. The van der Waals surface area contributed by atoms with E-state index in [0.29, 0.717) is 27.7 Å². The summed E-state index contributed by atoms with van der Waals surface area (Å²) in [6.45, 7) is 0. The molecular formula is C23H19ClN2O3. The van der Waals surface area contributed by atoms with E-state index >= 15 is 0 Å². The van der Waals surface area contributed by atoms with Crippen molar-refractivity contribution in [3.63, 3.8) is 0 Å². The number of ether oxygens (including phenoxy) is 1. The van der Waals surface area contributed by atoms with Gasteiger partial charge in [0.05, 0.1) is 12.8 Å². The van der Waals surface area contributed by atoms with Crippen molar-refractivity contribution in [2.24, 2.45) is 0 Å². The van der Waals surface area contributed by atoms with Gasteiger partial charge in [0.1, 0.15) is 5.75 Å². The summed E-state index contributed by atoms with van der Waals surface area (Å²) in [6.07, 6.45) is 3.13. The molecule has 0 aromatic heterocycles. The fourth-order valence-electron chi connectivity index (χ4n) is 2.58. The zero-order valence-electron chi connectivity index (χ0n) is 15.7. The summed E-state index contributed by atoms with van der Waals surface area (Å²) in [4.78, 5) is 24.5. The molecule has 3 aromatic carbocycles. The number of carbonyl (C=O) groups is 2. The molecule has 0 fully saturated rings. The first-order valence-corrected chi connectivity index (χ1v) is 9.22. The van der Waals surface area contributed by atoms with E-state index in [1.54, 1.807) is 61.7 Å². The first-order valence-electron chi connectivity index (χ1n) is 8.84. The number of hydrogen-bond donors (Lipinski definition) is 2. The van der Waals surface area contributed by atoms with E-state index in [4.69, 9.17) is 16.3 Å². The molecule has 146 valence electrons. The lowest BCUT2D eigenvalue weighted by Gasteiger charge is -2.10. The van der Waals surface area contributed by atoms with Crippen molar-refractivity contribution in [2.45, 2.75) is 0 Å². The van der Waals surface area contributed by atoms with Crippen LogP contribution in [0.4, 0.5) is 11.4 Å². The largest absolute Gasteiger partial charge is 0.495 e. The van der Waals surface area contributed by atoms with Crippen LogP contribution >= 0.6 is 11.6 Å². The van der Waals surface area contributed by atoms with Gasteiger partial charge < -0.3 is 15.4 Å². The molecular weight excluding hydrogens is 388 g/mol. The smallest absolute Gasteiger partial charge is 0.255 e. The number of hydrogen-bond acceptors (Lipinski definition) is 3. The zero-order chi connectivity index (χ0) is 20.6. The van der Waals surface area contributed by atoms with Crippen LogP contribution in [-0.2, 0) is 4.79 Å². The summed E-state index contributed by atoms with van der Waals surface area (Å²) in [7, 11) is 1.55. The number of para-hydroxylation sites is 2. The van der Waals surface area contributed by atoms with Gasteiger partial charge in [-0.1, -0.05) is 35.9 Å². The van der Waals surface area contributed by atoms with Crippen molar-refractivity contribution < 1.29 is 14.3 Å². The normalized spacial score (nSPS) is 10.6. The summed E-state index contributed by atoms with van der Waals surface area (Å²) >= 11 is 5.84. The molecule has 0 unspecified atom stereocenters. The third-order valence-corrected chi connectivity index (χ3v) is 4.32. The van der Waals surface area contributed by atoms with Crippen LogP contribution in [0.3, 0.4) is 0 Å². The summed E-state index contributed by atoms with van der Waals surface area (Å²) in [6, 6.07) is 21.0. The Labute approximate surface area is 174 Å². The number of nitrogens with one attached hydrogen (secondary N) is 2. The molecule has 0 aliphatic heterocycles. The molecule has 3 aromatic rings. The molecule has 2 amide bonds. The van der Waals surface area contributed by atoms with Gasteiger partial charge >= 0.3 is 0 Å². The number of benzene rings is 3. The molecule has 0 atom stereocenters. The third kappa shape index (κ3) is 5.70. The van der Waals surface area contributed by atoms with Gasteiger partial charge in [-0.25, -0.2) is 0 Å². The predicted octanol–water partition coefficient (Wildman–Crippen LogP) is 5.25. The molecule has 5 nitrogen and oxygen atoms in total. The van der Waals surface area contributed by atoms with Crippen LogP contribution in [0.1, 0.15) is 15.9 Å². The minimum atomic E-state index is -0.272. The minimum Gasteiger partial charge on any atom is -0.495 e. The van der Waals surface area contributed by atoms with E-state index in [-0.39, 0.29) is 11.8 Å². The first kappa shape index (κ1) is 20.2. The highest BCUT2D eigenvalue weighted by atomic mass is 35.5. The molecule has 0 radical (unpaired) electrons. The number of anilines is 2. The Hall–Kier alpha value is -3.57. The quantitative estimate of drug-likeness (QED) is 0.549. The first-order chi connectivity index (χ1) is 14.0. The van der Waals surface area contributed by atoms with Crippen molar-refractivity contribution in [2.75, 3.05) is 17.7 Å². The molecule has 0 aliphatic carbocycles. The van der Waals surface area contributed by atoms with Gasteiger partial charge in [-0.05, 0) is 60.2 Å². The average molecular weight is 407 g/mol. The number of halogens is 1. The average Bonchev–Trinajstić information content (AvgIpc) is 2.74. The van der Waals surface area contributed by atoms with E-state index < -0.39 is 0 Å². The second-order valence-corrected chi connectivity index (χ2v) is 6.54. The van der Waals surface area contributed by atoms with Crippen LogP contribution in [0.25, 0.3) is 6.08 Å². The van der Waals surface area contributed by atoms with Crippen LogP contribution in [-0.4, -0.2) is 18.9 Å². The van der Waals surface area contributed by atoms with Crippen LogP contribution in [0.5, 0.6) is 5.75 Å². The zero-order valence-corrected chi connectivity index (χ0v) is 16.4. The SMILES string of the molecule is COc1ccccc1NC(=O)c1ccc(NC(=O)/C=C/c2ccc(Cl)cc2)cc1. The highest BCUT2D eigenvalue weighted by molar-refractivity contribution is 6.30. The topological polar surface area (TPSA) is 67.4 Å². The fraction of sp³-hybridized carbons (Fsp3) is 0.0435. The van der Waals surface area contributed by atoms with Crippen LogP contribution in [0.2, 0.25) is 5.02 Å². The van der Waals surface area contributed by atoms with E-state index in [1.165, 1.54) is 6.08 Å². The minimum absolute atomic E-state index is 0.269. The molecule has 0 heterocycles. The maximum Gasteiger partial charge on any atom is 0.255 e. The van der Waals surface area contributed by atoms with Crippen molar-refractivity contribution in [1.29, 1.82) is 0 Å². The van der Waals surface area contributed by atoms with Gasteiger partial charge in [0, 0.05) is 22.3 Å². The van der Waals surface area contributed by atoms with Crippen LogP contribution < -0.4 is 15.4 Å². The molecule has 6 heteroatoms. The fourth-order valence-corrected chi connectivity index (χ4v) is 2.70. The van der Waals surface area contributed by atoms with Crippen LogP contribution in [0, 0.1) is 0 Å². The number of rotatable bonds is 6. The summed E-state index contributed by atoms with van der Waals surface area (Å²) in [5.74, 6) is 0.0402. The predicted molar refractivity (Wildman–Crippen MR) is 117 cm³/mol. The van der Waals surface area contributed by atoms with E-state index in [0.717, 1.165) is 5.56 Å². The monoisotopic (exact) mass is 406 g/mol. The maximum absolute atomic E-state index is 12.4. The summed E-state index contributed by atoms with van der Waals surface area (Å²) < 4.78 is 5.23. The Bertz CT molecular complexity index is 1030. The molecule has 0 saturated carbocycles. The van der Waals surface area contributed by atoms with Crippen molar-refractivity contribution in [3.05, 3.63) is 95.0 Å². The lowest BCUT2D eigenvalue weighted by atomic mass is 10.1. The molecule has 0 bridgehead atoms. The summed E-state index contributed by atoms with van der Waals surface area (Å²) in [5.41, 5.74) is 2.51. The maximum atomic E-state index is 12.4. The van der Waals surface area contributed by atoms with Gasteiger partial charge in [0.2, 0.25) is 5.91 Å². The Morgan fingerprint density at radius 3 is 2.28 bits per heavy atom. The van der Waals surface area contributed by atoms with Gasteiger partial charge in [0.25, 0.3) is 5.91 Å².